The molecule has 0 aromatic rings. The van der Waals surface area contributed by atoms with E-state index in [0.29, 0.717) is 32.0 Å². The average Bonchev–Trinajstić information content (AvgIpc) is 2.50. The van der Waals surface area contributed by atoms with Gasteiger partial charge < -0.3 is 20.9 Å². The van der Waals surface area contributed by atoms with Crippen molar-refractivity contribution in [2.75, 3.05) is 33.2 Å². The van der Waals surface area contributed by atoms with Crippen LogP contribution in [0.1, 0.15) is 40.0 Å². The minimum atomic E-state index is 0.00242. The molecule has 3 amide bonds. The molecule has 0 radical (unpaired) electrons. The molecule has 0 aromatic heterocycles. The Morgan fingerprint density at radius 1 is 1.18 bits per heavy atom. The summed E-state index contributed by atoms with van der Waals surface area (Å²) in [6.45, 7) is 8.99. The minimum absolute atomic E-state index is 0.00242. The monoisotopic (exact) mass is 312 g/mol. The minimum Gasteiger partial charge on any atom is -0.355 e. The Kier molecular flexibility index (Phi) is 8.24. The van der Waals surface area contributed by atoms with Gasteiger partial charge in [-0.1, -0.05) is 13.8 Å². The van der Waals surface area contributed by atoms with Crippen LogP contribution >= 0.6 is 0 Å². The lowest BCUT2D eigenvalue weighted by Crippen LogP contribution is -2.47. The van der Waals surface area contributed by atoms with Gasteiger partial charge in [0.05, 0.1) is 0 Å². The van der Waals surface area contributed by atoms with Gasteiger partial charge in [-0.15, -0.1) is 0 Å². The van der Waals surface area contributed by atoms with E-state index >= 15 is 0 Å². The van der Waals surface area contributed by atoms with Crippen molar-refractivity contribution in [1.29, 1.82) is 0 Å². The van der Waals surface area contributed by atoms with Gasteiger partial charge in [-0.05, 0) is 38.6 Å². The molecule has 0 spiro atoms. The summed E-state index contributed by atoms with van der Waals surface area (Å²) in [5, 5.41) is 8.99. The van der Waals surface area contributed by atoms with Gasteiger partial charge >= 0.3 is 6.03 Å². The van der Waals surface area contributed by atoms with Crippen molar-refractivity contribution in [3.05, 3.63) is 0 Å². The molecule has 1 saturated heterocycles. The van der Waals surface area contributed by atoms with Gasteiger partial charge in [0.1, 0.15) is 0 Å². The Bertz CT molecular complexity index is 360. The number of likely N-dealkylation sites (N-methyl/N-ethyl adjacent to an activating group) is 1. The summed E-state index contributed by atoms with van der Waals surface area (Å²) in [5.74, 6) is 0.796. The quantitative estimate of drug-likeness (QED) is 0.661. The normalized spacial score (nSPS) is 19.9. The third kappa shape index (κ3) is 7.11. The van der Waals surface area contributed by atoms with E-state index in [1.807, 2.05) is 18.9 Å². The number of amides is 3. The van der Waals surface area contributed by atoms with Gasteiger partial charge in [0.15, 0.2) is 0 Å². The van der Waals surface area contributed by atoms with E-state index < -0.39 is 0 Å². The van der Waals surface area contributed by atoms with Gasteiger partial charge in [0, 0.05) is 38.6 Å². The number of rotatable bonds is 7. The molecular formula is C16H32N4O2. The summed E-state index contributed by atoms with van der Waals surface area (Å²) in [7, 11) is 1.88. The number of hydrogen-bond donors (Lipinski definition) is 3. The first-order chi connectivity index (χ1) is 10.4. The first kappa shape index (κ1) is 18.7. The van der Waals surface area contributed by atoms with Crippen LogP contribution in [0.5, 0.6) is 0 Å². The maximum absolute atomic E-state index is 12.1. The van der Waals surface area contributed by atoms with Crippen molar-refractivity contribution in [1.82, 2.24) is 20.9 Å². The molecule has 2 atom stereocenters. The Morgan fingerprint density at radius 3 is 2.55 bits per heavy atom. The van der Waals surface area contributed by atoms with Crippen LogP contribution in [-0.2, 0) is 4.79 Å². The third-order valence-corrected chi connectivity index (χ3v) is 4.04. The zero-order chi connectivity index (χ0) is 16.5. The summed E-state index contributed by atoms with van der Waals surface area (Å²) < 4.78 is 0. The van der Waals surface area contributed by atoms with Crippen molar-refractivity contribution >= 4 is 11.9 Å². The zero-order valence-electron chi connectivity index (χ0n) is 14.4. The number of nitrogens with zero attached hydrogens (tertiary/aromatic N) is 1. The van der Waals surface area contributed by atoms with Crippen molar-refractivity contribution in [3.8, 4) is 0 Å². The molecule has 3 N–H and O–H groups in total. The molecule has 1 aliphatic heterocycles. The molecule has 0 aromatic carbocycles. The van der Waals surface area contributed by atoms with Crippen molar-refractivity contribution < 1.29 is 9.59 Å². The highest BCUT2D eigenvalue weighted by Gasteiger charge is 2.25. The summed E-state index contributed by atoms with van der Waals surface area (Å²) in [6, 6.07) is 0.274. The van der Waals surface area contributed by atoms with Gasteiger partial charge in [-0.2, -0.15) is 0 Å². The molecule has 128 valence electrons. The van der Waals surface area contributed by atoms with Gasteiger partial charge in [0.2, 0.25) is 5.91 Å². The Balaban J connectivity index is 2.33. The second kappa shape index (κ2) is 9.66. The number of hydrogen-bond acceptors (Lipinski definition) is 3. The molecule has 6 heteroatoms. The van der Waals surface area contributed by atoms with Crippen LogP contribution in [0.15, 0.2) is 0 Å². The van der Waals surface area contributed by atoms with Crippen LogP contribution in [0.25, 0.3) is 0 Å². The van der Waals surface area contributed by atoms with E-state index in [0.717, 1.165) is 19.4 Å². The van der Waals surface area contributed by atoms with Gasteiger partial charge in [-0.3, -0.25) is 4.79 Å². The number of urea groups is 1. The standard InChI is InChI=1S/C16H32N4O2/c1-12(2)9-19-16(22)20-7-5-6-14(11-20)8-15(21)18-10-13(3)17-4/h12-14,17H,5-11H2,1-4H3,(H,18,21)(H,19,22). The number of likely N-dealkylation sites (tertiary alicyclic amines) is 1. The highest BCUT2D eigenvalue weighted by Crippen LogP contribution is 2.19. The molecule has 22 heavy (non-hydrogen) atoms. The largest absolute Gasteiger partial charge is 0.355 e. The fourth-order valence-corrected chi connectivity index (χ4v) is 2.52. The number of carbonyl (C=O) groups excluding carboxylic acids is 2. The highest BCUT2D eigenvalue weighted by atomic mass is 16.2. The first-order valence-corrected chi connectivity index (χ1v) is 8.39. The lowest BCUT2D eigenvalue weighted by atomic mass is 9.94. The number of nitrogens with one attached hydrogen (secondary N) is 3. The van der Waals surface area contributed by atoms with E-state index in [1.54, 1.807) is 0 Å². The number of piperidine rings is 1. The summed E-state index contributed by atoms with van der Waals surface area (Å²) in [5.41, 5.74) is 0. The molecule has 1 rings (SSSR count). The van der Waals surface area contributed by atoms with E-state index in [-0.39, 0.29) is 23.9 Å². The van der Waals surface area contributed by atoms with E-state index in [1.165, 1.54) is 0 Å². The second-order valence-corrected chi connectivity index (χ2v) is 6.73. The van der Waals surface area contributed by atoms with E-state index in [4.69, 9.17) is 0 Å². The molecule has 0 saturated carbocycles. The molecule has 6 nitrogen and oxygen atoms in total. The zero-order valence-corrected chi connectivity index (χ0v) is 14.4. The predicted octanol–water partition coefficient (Wildman–Crippen LogP) is 1.18. The predicted molar refractivity (Wildman–Crippen MR) is 88.7 cm³/mol. The smallest absolute Gasteiger partial charge is 0.317 e. The number of carbonyl (C=O) groups is 2. The van der Waals surface area contributed by atoms with E-state index in [9.17, 15) is 9.59 Å². The molecule has 1 aliphatic rings. The summed E-state index contributed by atoms with van der Waals surface area (Å²) >= 11 is 0. The molecular weight excluding hydrogens is 280 g/mol. The van der Waals surface area contributed by atoms with Crippen LogP contribution < -0.4 is 16.0 Å². The molecule has 0 aliphatic carbocycles. The van der Waals surface area contributed by atoms with Crippen molar-refractivity contribution in [2.45, 2.75) is 46.1 Å². The van der Waals surface area contributed by atoms with Crippen LogP contribution in [0.4, 0.5) is 4.79 Å². The summed E-state index contributed by atoms with van der Waals surface area (Å²) in [4.78, 5) is 25.9. The fraction of sp³-hybridized carbons (Fsp3) is 0.875. The fourth-order valence-electron chi connectivity index (χ4n) is 2.52. The van der Waals surface area contributed by atoms with Crippen LogP contribution in [-0.4, -0.2) is 56.1 Å². The lowest BCUT2D eigenvalue weighted by Gasteiger charge is -2.32. The third-order valence-electron chi connectivity index (χ3n) is 4.04. The Labute approximate surface area is 134 Å². The van der Waals surface area contributed by atoms with Crippen molar-refractivity contribution in [3.63, 3.8) is 0 Å². The van der Waals surface area contributed by atoms with Crippen molar-refractivity contribution in [2.24, 2.45) is 11.8 Å². The van der Waals surface area contributed by atoms with Gasteiger partial charge in [0.25, 0.3) is 0 Å². The van der Waals surface area contributed by atoms with Crippen LogP contribution in [0.3, 0.4) is 0 Å². The SMILES string of the molecule is CNC(C)CNC(=O)CC1CCCN(C(=O)NCC(C)C)C1. The van der Waals surface area contributed by atoms with Crippen LogP contribution in [0.2, 0.25) is 0 Å². The van der Waals surface area contributed by atoms with E-state index in [2.05, 4.69) is 29.8 Å². The molecule has 0 bridgehead atoms. The maximum Gasteiger partial charge on any atom is 0.317 e. The lowest BCUT2D eigenvalue weighted by molar-refractivity contribution is -0.122. The van der Waals surface area contributed by atoms with Gasteiger partial charge in [-0.25, -0.2) is 4.79 Å². The molecule has 1 heterocycles. The highest BCUT2D eigenvalue weighted by molar-refractivity contribution is 5.77. The second-order valence-electron chi connectivity index (χ2n) is 6.73. The Hall–Kier alpha value is -1.30. The summed E-state index contributed by atoms with van der Waals surface area (Å²) in [6.07, 6.45) is 2.49. The maximum atomic E-state index is 12.1. The first-order valence-electron chi connectivity index (χ1n) is 8.39. The average molecular weight is 312 g/mol. The molecule has 1 fully saturated rings. The Morgan fingerprint density at radius 2 is 1.91 bits per heavy atom. The van der Waals surface area contributed by atoms with Crippen LogP contribution in [0, 0.1) is 11.8 Å². The topological polar surface area (TPSA) is 73.5 Å². The molecule has 2 unspecified atom stereocenters.